The van der Waals surface area contributed by atoms with Crippen LogP contribution in [-0.4, -0.2) is 42.8 Å². The summed E-state index contributed by atoms with van der Waals surface area (Å²) in [7, 11) is 1.31. The van der Waals surface area contributed by atoms with Crippen LogP contribution < -0.4 is 0 Å². The van der Waals surface area contributed by atoms with Gasteiger partial charge >= 0.3 is 12.1 Å². The smallest absolute Gasteiger partial charge is 0.410 e. The molecule has 0 aromatic carbocycles. The Balaban J connectivity index is 1.98. The molecule has 0 N–H and O–H groups in total. The minimum Gasteiger partial charge on any atom is -0.468 e. The molecule has 0 radical (unpaired) electrons. The fourth-order valence-corrected chi connectivity index (χ4v) is 3.18. The fourth-order valence-electron chi connectivity index (χ4n) is 3.18. The predicted octanol–water partition coefficient (Wildman–Crippen LogP) is 2.09. The lowest BCUT2D eigenvalue weighted by molar-refractivity contribution is -0.146. The Kier molecular flexibility index (Phi) is 3.64. The molecule has 0 bridgehead atoms. The van der Waals surface area contributed by atoms with Gasteiger partial charge in [-0.05, 0) is 40.0 Å². The third-order valence-corrected chi connectivity index (χ3v) is 4.48. The average molecular weight is 294 g/mol. The highest BCUT2D eigenvalue weighted by Gasteiger charge is 2.73. The second kappa shape index (κ2) is 4.90. The SMILES string of the molecule is COC(=O)C1(C#N)CC12CCN(C(=O)OC(C)(C)C)CC2. The van der Waals surface area contributed by atoms with Gasteiger partial charge in [-0.15, -0.1) is 0 Å². The topological polar surface area (TPSA) is 79.6 Å². The van der Waals surface area contributed by atoms with Crippen molar-refractivity contribution in [1.82, 2.24) is 4.90 Å². The van der Waals surface area contributed by atoms with Crippen molar-refractivity contribution in [2.75, 3.05) is 20.2 Å². The van der Waals surface area contributed by atoms with E-state index in [0.717, 1.165) is 0 Å². The Morgan fingerprint density at radius 1 is 1.24 bits per heavy atom. The molecule has 0 aromatic rings. The first-order valence-corrected chi connectivity index (χ1v) is 7.17. The number of ether oxygens (including phenoxy) is 2. The Labute approximate surface area is 125 Å². The van der Waals surface area contributed by atoms with Gasteiger partial charge in [0.1, 0.15) is 5.60 Å². The lowest BCUT2D eigenvalue weighted by atomic mass is 9.85. The van der Waals surface area contributed by atoms with Crippen molar-refractivity contribution < 1.29 is 19.1 Å². The number of hydrogen-bond acceptors (Lipinski definition) is 5. The van der Waals surface area contributed by atoms with Gasteiger partial charge in [-0.25, -0.2) is 4.79 Å². The van der Waals surface area contributed by atoms with Crippen LogP contribution in [0.3, 0.4) is 0 Å². The monoisotopic (exact) mass is 294 g/mol. The second-order valence-corrected chi connectivity index (χ2v) is 6.93. The molecule has 116 valence electrons. The molecular formula is C15H22N2O4. The quantitative estimate of drug-likeness (QED) is 0.692. The number of rotatable bonds is 1. The highest BCUT2D eigenvalue weighted by atomic mass is 16.6. The molecule has 2 fully saturated rings. The molecule has 2 aliphatic rings. The zero-order valence-electron chi connectivity index (χ0n) is 13.1. The van der Waals surface area contributed by atoms with E-state index in [9.17, 15) is 14.9 Å². The number of hydrogen-bond donors (Lipinski definition) is 0. The normalized spacial score (nSPS) is 26.9. The molecule has 6 heteroatoms. The average Bonchev–Trinajstić information content (AvgIpc) is 3.05. The van der Waals surface area contributed by atoms with Crippen molar-refractivity contribution in [1.29, 1.82) is 5.26 Å². The first-order chi connectivity index (χ1) is 9.70. The summed E-state index contributed by atoms with van der Waals surface area (Å²) in [5.74, 6) is -0.448. The number of nitrogens with zero attached hydrogens (tertiary/aromatic N) is 2. The van der Waals surface area contributed by atoms with Crippen LogP contribution in [0.15, 0.2) is 0 Å². The standard InChI is InChI=1S/C15H22N2O4/c1-13(2,3)21-12(19)17-7-5-14(6-8-17)9-15(14,10-16)11(18)20-4/h5-9H2,1-4H3. The zero-order chi connectivity index (χ0) is 15.9. The van der Waals surface area contributed by atoms with Crippen molar-refractivity contribution in [3.63, 3.8) is 0 Å². The number of carbonyl (C=O) groups excluding carboxylic acids is 2. The number of esters is 1. The summed E-state index contributed by atoms with van der Waals surface area (Å²) < 4.78 is 10.1. The first kappa shape index (κ1) is 15.6. The van der Waals surface area contributed by atoms with Crippen LogP contribution in [0, 0.1) is 22.2 Å². The lowest BCUT2D eigenvalue weighted by Crippen LogP contribution is -2.43. The van der Waals surface area contributed by atoms with E-state index in [1.54, 1.807) is 4.90 Å². The van der Waals surface area contributed by atoms with Gasteiger partial charge in [0, 0.05) is 18.5 Å². The van der Waals surface area contributed by atoms with Crippen molar-refractivity contribution in [2.24, 2.45) is 10.8 Å². The third-order valence-electron chi connectivity index (χ3n) is 4.48. The summed E-state index contributed by atoms with van der Waals surface area (Å²) in [4.78, 5) is 25.5. The predicted molar refractivity (Wildman–Crippen MR) is 74.2 cm³/mol. The first-order valence-electron chi connectivity index (χ1n) is 7.17. The summed E-state index contributed by atoms with van der Waals surface area (Å²) in [6.45, 7) is 6.50. The maximum absolute atomic E-state index is 12.0. The molecule has 2 rings (SSSR count). The molecular weight excluding hydrogens is 272 g/mol. The molecule has 1 aliphatic heterocycles. The number of amides is 1. The van der Waals surface area contributed by atoms with Gasteiger partial charge in [0.15, 0.2) is 5.41 Å². The zero-order valence-corrected chi connectivity index (χ0v) is 13.1. The van der Waals surface area contributed by atoms with E-state index in [4.69, 9.17) is 9.47 Å². The van der Waals surface area contributed by atoms with Gasteiger partial charge in [-0.1, -0.05) is 0 Å². The van der Waals surface area contributed by atoms with Crippen molar-refractivity contribution in [3.05, 3.63) is 0 Å². The molecule has 1 aliphatic carbocycles. The Morgan fingerprint density at radius 2 is 1.81 bits per heavy atom. The van der Waals surface area contributed by atoms with Crippen molar-refractivity contribution >= 4 is 12.1 Å². The summed E-state index contributed by atoms with van der Waals surface area (Å²) in [5.41, 5.74) is -1.86. The maximum Gasteiger partial charge on any atom is 0.410 e. The largest absolute Gasteiger partial charge is 0.468 e. The Morgan fingerprint density at radius 3 is 2.24 bits per heavy atom. The molecule has 1 unspecified atom stereocenters. The maximum atomic E-state index is 12.0. The van der Waals surface area contributed by atoms with Crippen LogP contribution in [0.4, 0.5) is 4.79 Å². The molecule has 1 heterocycles. The minimum atomic E-state index is -1.01. The van der Waals surface area contributed by atoms with Crippen molar-refractivity contribution in [3.8, 4) is 6.07 Å². The van der Waals surface area contributed by atoms with Gasteiger partial charge in [0.2, 0.25) is 0 Å². The summed E-state index contributed by atoms with van der Waals surface area (Å²) in [5, 5.41) is 9.35. The third kappa shape index (κ3) is 2.57. The number of nitriles is 1. The minimum absolute atomic E-state index is 0.326. The van der Waals surface area contributed by atoms with E-state index in [1.165, 1.54) is 7.11 Å². The molecule has 1 saturated heterocycles. The van der Waals surface area contributed by atoms with Gasteiger partial charge in [0.05, 0.1) is 13.2 Å². The second-order valence-electron chi connectivity index (χ2n) is 6.93. The van der Waals surface area contributed by atoms with Crippen LogP contribution >= 0.6 is 0 Å². The fraction of sp³-hybridized carbons (Fsp3) is 0.800. The molecule has 1 spiro atoms. The number of methoxy groups -OCH3 is 1. The molecule has 1 saturated carbocycles. The summed E-state index contributed by atoms with van der Waals surface area (Å²) in [6.07, 6.45) is 1.47. The molecule has 1 atom stereocenters. The number of likely N-dealkylation sites (tertiary alicyclic amines) is 1. The highest BCUT2D eigenvalue weighted by Crippen LogP contribution is 2.69. The highest BCUT2D eigenvalue weighted by molar-refractivity contribution is 5.85. The summed E-state index contributed by atoms with van der Waals surface area (Å²) in [6, 6.07) is 2.14. The molecule has 21 heavy (non-hydrogen) atoms. The molecule has 6 nitrogen and oxygen atoms in total. The van der Waals surface area contributed by atoms with Gasteiger partial charge in [-0.3, -0.25) is 4.79 Å². The summed E-state index contributed by atoms with van der Waals surface area (Å²) >= 11 is 0. The molecule has 1 amide bonds. The van der Waals surface area contributed by atoms with Crippen molar-refractivity contribution in [2.45, 2.75) is 45.6 Å². The Bertz CT molecular complexity index is 495. The van der Waals surface area contributed by atoms with Crippen LogP contribution in [0.2, 0.25) is 0 Å². The van der Waals surface area contributed by atoms with Gasteiger partial charge < -0.3 is 14.4 Å². The van der Waals surface area contributed by atoms with E-state index >= 15 is 0 Å². The van der Waals surface area contributed by atoms with Gasteiger partial charge in [0.25, 0.3) is 0 Å². The van der Waals surface area contributed by atoms with E-state index in [-0.39, 0.29) is 11.5 Å². The van der Waals surface area contributed by atoms with E-state index < -0.39 is 17.0 Å². The number of piperidine rings is 1. The van der Waals surface area contributed by atoms with Crippen LogP contribution in [0.1, 0.15) is 40.0 Å². The van der Waals surface area contributed by atoms with Gasteiger partial charge in [-0.2, -0.15) is 5.26 Å². The molecule has 0 aromatic heterocycles. The lowest BCUT2D eigenvalue weighted by Gasteiger charge is -2.34. The Hall–Kier alpha value is -1.77. The van der Waals surface area contributed by atoms with Crippen LogP contribution in [0.25, 0.3) is 0 Å². The number of carbonyl (C=O) groups is 2. The van der Waals surface area contributed by atoms with Crippen LogP contribution in [0.5, 0.6) is 0 Å². The van der Waals surface area contributed by atoms with Crippen LogP contribution in [-0.2, 0) is 14.3 Å². The van der Waals surface area contributed by atoms with E-state index in [2.05, 4.69) is 6.07 Å². The van der Waals surface area contributed by atoms with E-state index in [1.807, 2.05) is 20.8 Å². The van der Waals surface area contributed by atoms with E-state index in [0.29, 0.717) is 32.4 Å².